The molecule has 1 N–H and O–H groups in total. The fourth-order valence-electron chi connectivity index (χ4n) is 2.16. The largest absolute Gasteiger partial charge is 0.472 e. The van der Waals surface area contributed by atoms with Crippen LogP contribution in [-0.2, 0) is 11.2 Å². The van der Waals surface area contributed by atoms with Gasteiger partial charge in [-0.2, -0.15) is 0 Å². The lowest BCUT2D eigenvalue weighted by atomic mass is 9.80. The summed E-state index contributed by atoms with van der Waals surface area (Å²) < 4.78 is 4.90. The summed E-state index contributed by atoms with van der Waals surface area (Å²) in [5.74, 6) is -0.0661. The smallest absolute Gasteiger partial charge is 0.168 e. The molecule has 1 aromatic heterocycles. The van der Waals surface area contributed by atoms with Crippen LogP contribution in [0, 0.1) is 0 Å². The van der Waals surface area contributed by atoms with Gasteiger partial charge in [0.1, 0.15) is 5.60 Å². The van der Waals surface area contributed by atoms with E-state index in [1.165, 1.54) is 0 Å². The number of carbonyl (C=O) groups excluding carboxylic acids is 1. The van der Waals surface area contributed by atoms with Crippen molar-refractivity contribution in [1.29, 1.82) is 0 Å². The highest BCUT2D eigenvalue weighted by molar-refractivity contribution is 5.88. The van der Waals surface area contributed by atoms with Gasteiger partial charge in [0.15, 0.2) is 5.78 Å². The zero-order valence-corrected chi connectivity index (χ0v) is 8.74. The molecule has 0 radical (unpaired) electrons. The molecule has 0 aromatic carbocycles. The molecule has 0 spiro atoms. The van der Waals surface area contributed by atoms with E-state index in [1.807, 2.05) is 0 Å². The number of Topliss-reactive ketones (excluding diaryl/α,β-unsaturated/α-hetero) is 1. The van der Waals surface area contributed by atoms with Crippen molar-refractivity contribution in [3.8, 4) is 0 Å². The third-order valence-corrected chi connectivity index (χ3v) is 3.14. The molecule has 1 fully saturated rings. The normalized spacial score (nSPS) is 20.1. The predicted octanol–water partition coefficient (Wildman–Crippen LogP) is 2.09. The van der Waals surface area contributed by atoms with Crippen LogP contribution in [-0.4, -0.2) is 16.5 Å². The van der Waals surface area contributed by atoms with E-state index >= 15 is 0 Å². The lowest BCUT2D eigenvalue weighted by Crippen LogP contribution is -2.41. The van der Waals surface area contributed by atoms with Crippen LogP contribution < -0.4 is 0 Å². The van der Waals surface area contributed by atoms with Crippen molar-refractivity contribution in [3.63, 3.8) is 0 Å². The van der Waals surface area contributed by atoms with Gasteiger partial charge in [0.05, 0.1) is 12.5 Å². The van der Waals surface area contributed by atoms with E-state index in [-0.39, 0.29) is 12.2 Å². The minimum absolute atomic E-state index is 0.0661. The summed E-state index contributed by atoms with van der Waals surface area (Å²) in [6.45, 7) is 0. The maximum atomic E-state index is 11.9. The summed E-state index contributed by atoms with van der Waals surface area (Å²) in [6.07, 6.45) is 7.65. The molecular formula is C12H16O3. The molecule has 0 saturated heterocycles. The van der Waals surface area contributed by atoms with Gasteiger partial charge in [-0.05, 0) is 24.5 Å². The molecule has 1 saturated carbocycles. The Kier molecular flexibility index (Phi) is 2.91. The second-order valence-corrected chi connectivity index (χ2v) is 4.32. The molecule has 0 bridgehead atoms. The van der Waals surface area contributed by atoms with Gasteiger partial charge in [-0.1, -0.05) is 19.3 Å². The van der Waals surface area contributed by atoms with Crippen molar-refractivity contribution in [1.82, 2.24) is 0 Å². The number of rotatable bonds is 3. The topological polar surface area (TPSA) is 50.4 Å². The Labute approximate surface area is 89.1 Å². The summed E-state index contributed by atoms with van der Waals surface area (Å²) in [5, 5.41) is 10.2. The molecule has 1 aliphatic carbocycles. The second-order valence-electron chi connectivity index (χ2n) is 4.32. The maximum Gasteiger partial charge on any atom is 0.168 e. The Hall–Kier alpha value is -1.09. The minimum Gasteiger partial charge on any atom is -0.472 e. The van der Waals surface area contributed by atoms with Gasteiger partial charge >= 0.3 is 0 Å². The van der Waals surface area contributed by atoms with Crippen LogP contribution in [0.1, 0.15) is 37.7 Å². The monoisotopic (exact) mass is 208 g/mol. The van der Waals surface area contributed by atoms with Crippen LogP contribution >= 0.6 is 0 Å². The van der Waals surface area contributed by atoms with Gasteiger partial charge in [-0.25, -0.2) is 0 Å². The number of hydrogen-bond acceptors (Lipinski definition) is 3. The predicted molar refractivity (Wildman–Crippen MR) is 55.5 cm³/mol. The van der Waals surface area contributed by atoms with Crippen LogP contribution in [0.4, 0.5) is 0 Å². The number of carbonyl (C=O) groups is 1. The molecule has 0 aliphatic heterocycles. The van der Waals surface area contributed by atoms with Crippen LogP contribution in [0.25, 0.3) is 0 Å². The van der Waals surface area contributed by atoms with Crippen LogP contribution in [0.3, 0.4) is 0 Å². The van der Waals surface area contributed by atoms with Crippen molar-refractivity contribution in [2.24, 2.45) is 0 Å². The van der Waals surface area contributed by atoms with E-state index in [0.717, 1.165) is 24.8 Å². The van der Waals surface area contributed by atoms with E-state index in [9.17, 15) is 9.90 Å². The molecule has 0 unspecified atom stereocenters. The zero-order valence-electron chi connectivity index (χ0n) is 8.74. The average Bonchev–Trinajstić information content (AvgIpc) is 2.71. The summed E-state index contributed by atoms with van der Waals surface area (Å²) in [6, 6.07) is 1.77. The Morgan fingerprint density at radius 2 is 2.13 bits per heavy atom. The van der Waals surface area contributed by atoms with Gasteiger partial charge in [-0.15, -0.1) is 0 Å². The van der Waals surface area contributed by atoms with Crippen molar-refractivity contribution < 1.29 is 14.3 Å². The summed E-state index contributed by atoms with van der Waals surface area (Å²) in [5.41, 5.74) is -0.228. The molecule has 0 amide bonds. The minimum atomic E-state index is -1.07. The van der Waals surface area contributed by atoms with E-state index in [1.54, 1.807) is 18.6 Å². The van der Waals surface area contributed by atoms with Crippen LogP contribution in [0.5, 0.6) is 0 Å². The average molecular weight is 208 g/mol. The fraction of sp³-hybridized carbons (Fsp3) is 0.583. The SMILES string of the molecule is O=C(Cc1ccoc1)C1(O)CCCCC1. The summed E-state index contributed by atoms with van der Waals surface area (Å²) in [4.78, 5) is 11.9. The van der Waals surface area contributed by atoms with Gasteiger partial charge in [-0.3, -0.25) is 4.79 Å². The van der Waals surface area contributed by atoms with Gasteiger partial charge in [0, 0.05) is 6.42 Å². The molecule has 2 rings (SSSR count). The molecular weight excluding hydrogens is 192 g/mol. The molecule has 1 aromatic rings. The summed E-state index contributed by atoms with van der Waals surface area (Å²) >= 11 is 0. The lowest BCUT2D eigenvalue weighted by Gasteiger charge is -2.30. The lowest BCUT2D eigenvalue weighted by molar-refractivity contribution is -0.139. The quantitative estimate of drug-likeness (QED) is 0.827. The van der Waals surface area contributed by atoms with Crippen molar-refractivity contribution in [3.05, 3.63) is 24.2 Å². The number of furan rings is 1. The highest BCUT2D eigenvalue weighted by atomic mass is 16.3. The third kappa shape index (κ3) is 2.29. The third-order valence-electron chi connectivity index (χ3n) is 3.14. The molecule has 1 aliphatic rings. The molecule has 0 atom stereocenters. The van der Waals surface area contributed by atoms with Crippen molar-refractivity contribution >= 4 is 5.78 Å². The second kappa shape index (κ2) is 4.19. The Morgan fingerprint density at radius 3 is 2.73 bits per heavy atom. The Balaban J connectivity index is 2.00. The van der Waals surface area contributed by atoms with Gasteiger partial charge in [0.2, 0.25) is 0 Å². The van der Waals surface area contributed by atoms with E-state index in [2.05, 4.69) is 0 Å². The van der Waals surface area contributed by atoms with Crippen molar-refractivity contribution in [2.75, 3.05) is 0 Å². The van der Waals surface area contributed by atoms with E-state index in [4.69, 9.17) is 4.42 Å². The molecule has 3 nitrogen and oxygen atoms in total. The molecule has 3 heteroatoms. The van der Waals surface area contributed by atoms with Crippen molar-refractivity contribution in [2.45, 2.75) is 44.1 Å². The first-order valence-electron chi connectivity index (χ1n) is 5.47. The highest BCUT2D eigenvalue weighted by Crippen LogP contribution is 2.29. The van der Waals surface area contributed by atoms with Gasteiger partial charge < -0.3 is 9.52 Å². The van der Waals surface area contributed by atoms with E-state index in [0.29, 0.717) is 12.8 Å². The molecule has 1 heterocycles. The molecule has 82 valence electrons. The standard InChI is InChI=1S/C12H16O3/c13-11(8-10-4-7-15-9-10)12(14)5-2-1-3-6-12/h4,7,9,14H,1-3,5-6,8H2. The van der Waals surface area contributed by atoms with Crippen LogP contribution in [0.15, 0.2) is 23.0 Å². The fourth-order valence-corrected chi connectivity index (χ4v) is 2.16. The first-order chi connectivity index (χ1) is 7.21. The highest BCUT2D eigenvalue weighted by Gasteiger charge is 2.36. The van der Waals surface area contributed by atoms with Crippen LogP contribution in [0.2, 0.25) is 0 Å². The number of hydrogen-bond donors (Lipinski definition) is 1. The maximum absolute atomic E-state index is 11.9. The zero-order chi connectivity index (χ0) is 10.7. The van der Waals surface area contributed by atoms with E-state index < -0.39 is 5.60 Å². The van der Waals surface area contributed by atoms with Gasteiger partial charge in [0.25, 0.3) is 0 Å². The number of aliphatic hydroxyl groups is 1. The first kappa shape index (κ1) is 10.4. The molecule has 15 heavy (non-hydrogen) atoms. The summed E-state index contributed by atoms with van der Waals surface area (Å²) in [7, 11) is 0. The first-order valence-corrected chi connectivity index (χ1v) is 5.47. The Morgan fingerprint density at radius 1 is 1.40 bits per heavy atom. The Bertz CT molecular complexity index is 321. The number of ketones is 1.